The van der Waals surface area contributed by atoms with E-state index in [1.54, 1.807) is 0 Å². The third kappa shape index (κ3) is 3.63. The first-order valence-corrected chi connectivity index (χ1v) is 7.02. The summed E-state index contributed by atoms with van der Waals surface area (Å²) >= 11 is 0. The van der Waals surface area contributed by atoms with Crippen LogP contribution in [0.25, 0.3) is 0 Å². The van der Waals surface area contributed by atoms with Gasteiger partial charge in [-0.05, 0) is 0 Å². The lowest BCUT2D eigenvalue weighted by Crippen LogP contribution is -2.65. The summed E-state index contributed by atoms with van der Waals surface area (Å²) in [7, 11) is 0. The first-order valence-electron chi connectivity index (χ1n) is 7.02. The zero-order chi connectivity index (χ0) is 17.3. The van der Waals surface area contributed by atoms with Gasteiger partial charge in [0.05, 0.1) is 19.3 Å². The zero-order valence-corrected chi connectivity index (χ0v) is 12.0. The van der Waals surface area contributed by atoms with Gasteiger partial charge in [-0.3, -0.25) is 0 Å². The van der Waals surface area contributed by atoms with E-state index >= 15 is 0 Å². The van der Waals surface area contributed by atoms with Crippen molar-refractivity contribution in [1.82, 2.24) is 0 Å². The van der Waals surface area contributed by atoms with Gasteiger partial charge >= 0.3 is 5.97 Å². The van der Waals surface area contributed by atoms with Crippen molar-refractivity contribution in [3.05, 3.63) is 0 Å². The summed E-state index contributed by atoms with van der Waals surface area (Å²) in [4.78, 5) is 11.2. The van der Waals surface area contributed by atoms with Gasteiger partial charge < -0.3 is 50.6 Å². The molecule has 0 radical (unpaired) electrons. The number of nitrogens with two attached hydrogens (primary N) is 1. The second-order valence-electron chi connectivity index (χ2n) is 5.53. The molecule has 23 heavy (non-hydrogen) atoms. The van der Waals surface area contributed by atoms with Crippen molar-refractivity contribution in [3.63, 3.8) is 0 Å². The van der Waals surface area contributed by atoms with E-state index in [1.807, 2.05) is 0 Å². The van der Waals surface area contributed by atoms with Crippen molar-refractivity contribution < 1.29 is 49.6 Å². The van der Waals surface area contributed by atoms with Crippen LogP contribution in [0.5, 0.6) is 0 Å². The van der Waals surface area contributed by atoms with Crippen LogP contribution in [0.15, 0.2) is 0 Å². The van der Waals surface area contributed by atoms with Gasteiger partial charge in [0.2, 0.25) is 0 Å². The summed E-state index contributed by atoms with van der Waals surface area (Å²) in [6.45, 7) is -1.03. The van der Waals surface area contributed by atoms with E-state index in [0.717, 1.165) is 0 Å². The number of carboxylic acid groups (broad SMARTS) is 1. The van der Waals surface area contributed by atoms with Crippen LogP contribution in [0.3, 0.4) is 0 Å². The number of hydrogen-bond acceptors (Lipinski definition) is 10. The predicted octanol–water partition coefficient (Wildman–Crippen LogP) is -4.66. The number of hydrogen-bond donors (Lipinski definition) is 7. The summed E-state index contributed by atoms with van der Waals surface area (Å²) in [5.41, 5.74) is 5.67. The van der Waals surface area contributed by atoms with E-state index in [0.29, 0.717) is 0 Å². The average molecular weight is 339 g/mol. The van der Waals surface area contributed by atoms with Crippen LogP contribution in [0.2, 0.25) is 0 Å². The fourth-order valence-corrected chi connectivity index (χ4v) is 2.54. The molecule has 2 aliphatic heterocycles. The molecule has 0 bridgehead atoms. The summed E-state index contributed by atoms with van der Waals surface area (Å²) in [5.74, 6) is -1.43. The summed E-state index contributed by atoms with van der Waals surface area (Å²) in [6.07, 6.45) is -11.7. The molecule has 134 valence electrons. The van der Waals surface area contributed by atoms with Crippen LogP contribution < -0.4 is 5.73 Å². The first-order chi connectivity index (χ1) is 10.8. The van der Waals surface area contributed by atoms with Gasteiger partial charge in [-0.2, -0.15) is 0 Å². The SMILES string of the molecule is NC1C(OC2C(C(=O)O)OCC(O)C2O)OC(CO)C(O)C1O. The number of carbonyl (C=O) groups is 1. The van der Waals surface area contributed by atoms with E-state index in [1.165, 1.54) is 0 Å². The Labute approximate surface area is 130 Å². The Kier molecular flexibility index (Phi) is 5.89. The molecular weight excluding hydrogens is 318 g/mol. The van der Waals surface area contributed by atoms with E-state index < -0.39 is 74.2 Å². The summed E-state index contributed by atoms with van der Waals surface area (Å²) < 4.78 is 15.4. The lowest BCUT2D eigenvalue weighted by Gasteiger charge is -2.44. The number of ether oxygens (including phenoxy) is 3. The molecule has 2 heterocycles. The predicted molar refractivity (Wildman–Crippen MR) is 70.0 cm³/mol. The van der Waals surface area contributed by atoms with Crippen LogP contribution in [0.1, 0.15) is 0 Å². The van der Waals surface area contributed by atoms with E-state index in [2.05, 4.69) is 0 Å². The van der Waals surface area contributed by atoms with Crippen LogP contribution in [0, 0.1) is 0 Å². The molecule has 0 aromatic rings. The molecule has 2 rings (SSSR count). The molecule has 0 aliphatic carbocycles. The van der Waals surface area contributed by atoms with Gasteiger partial charge in [-0.15, -0.1) is 0 Å². The Hall–Kier alpha value is -0.890. The molecule has 11 heteroatoms. The number of aliphatic carboxylic acids is 1. The van der Waals surface area contributed by atoms with Gasteiger partial charge in [-0.1, -0.05) is 0 Å². The van der Waals surface area contributed by atoms with E-state index in [4.69, 9.17) is 30.2 Å². The molecule has 2 saturated heterocycles. The maximum absolute atomic E-state index is 11.2. The van der Waals surface area contributed by atoms with Crippen molar-refractivity contribution in [3.8, 4) is 0 Å². The first kappa shape index (κ1) is 18.4. The molecule has 0 amide bonds. The molecule has 0 saturated carbocycles. The molecule has 0 aromatic carbocycles. The minimum absolute atomic E-state index is 0.393. The maximum Gasteiger partial charge on any atom is 0.335 e. The Bertz CT molecular complexity index is 421. The number of carboxylic acids is 1. The minimum atomic E-state index is -1.59. The molecule has 0 aromatic heterocycles. The molecule has 8 N–H and O–H groups in total. The molecule has 9 atom stereocenters. The minimum Gasteiger partial charge on any atom is -0.479 e. The molecule has 0 spiro atoms. The van der Waals surface area contributed by atoms with Gasteiger partial charge in [0.1, 0.15) is 36.6 Å². The van der Waals surface area contributed by atoms with Crippen molar-refractivity contribution in [2.75, 3.05) is 13.2 Å². The zero-order valence-electron chi connectivity index (χ0n) is 12.0. The smallest absolute Gasteiger partial charge is 0.335 e. The standard InChI is InChI=1S/C12H21NO10/c13-5-8(18)7(17)4(1-14)22-12(5)23-9-6(16)3(15)2-21-10(9)11(19)20/h3-10,12,14-18H,1-2,13H2,(H,19,20). The highest BCUT2D eigenvalue weighted by Gasteiger charge is 2.49. The summed E-state index contributed by atoms with van der Waals surface area (Å²) in [6, 6.07) is -1.27. The fourth-order valence-electron chi connectivity index (χ4n) is 2.54. The second-order valence-corrected chi connectivity index (χ2v) is 5.53. The van der Waals surface area contributed by atoms with Gasteiger partial charge in [0, 0.05) is 0 Å². The highest BCUT2D eigenvalue weighted by atomic mass is 16.7. The summed E-state index contributed by atoms with van der Waals surface area (Å²) in [5, 5.41) is 57.3. The van der Waals surface area contributed by atoms with Crippen LogP contribution in [0.4, 0.5) is 0 Å². The average Bonchev–Trinajstić information content (AvgIpc) is 2.51. The Morgan fingerprint density at radius 2 is 1.83 bits per heavy atom. The van der Waals surface area contributed by atoms with Gasteiger partial charge in [-0.25, -0.2) is 4.79 Å². The highest BCUT2D eigenvalue weighted by molar-refractivity contribution is 5.73. The maximum atomic E-state index is 11.2. The molecule has 9 unspecified atom stereocenters. The second kappa shape index (κ2) is 7.34. The highest BCUT2D eigenvalue weighted by Crippen LogP contribution is 2.26. The Morgan fingerprint density at radius 3 is 2.39 bits per heavy atom. The van der Waals surface area contributed by atoms with Crippen LogP contribution in [-0.4, -0.2) is 105 Å². The molecular formula is C12H21NO10. The number of aliphatic hydroxyl groups is 5. The van der Waals surface area contributed by atoms with Crippen molar-refractivity contribution in [2.45, 2.75) is 55.1 Å². The fraction of sp³-hybridized carbons (Fsp3) is 0.917. The van der Waals surface area contributed by atoms with Crippen molar-refractivity contribution in [1.29, 1.82) is 0 Å². The number of aliphatic hydroxyl groups excluding tert-OH is 5. The molecule has 2 fully saturated rings. The Morgan fingerprint density at radius 1 is 1.17 bits per heavy atom. The molecule has 2 aliphatic rings. The van der Waals surface area contributed by atoms with Crippen LogP contribution >= 0.6 is 0 Å². The van der Waals surface area contributed by atoms with Crippen molar-refractivity contribution in [2.24, 2.45) is 5.73 Å². The molecule has 11 nitrogen and oxygen atoms in total. The third-order valence-corrected chi connectivity index (χ3v) is 3.94. The lowest BCUT2D eigenvalue weighted by molar-refractivity contribution is -0.308. The van der Waals surface area contributed by atoms with Crippen LogP contribution in [-0.2, 0) is 19.0 Å². The largest absolute Gasteiger partial charge is 0.479 e. The number of rotatable bonds is 4. The van der Waals surface area contributed by atoms with Gasteiger partial charge in [0.25, 0.3) is 0 Å². The van der Waals surface area contributed by atoms with Crippen molar-refractivity contribution >= 4 is 5.97 Å². The third-order valence-electron chi connectivity index (χ3n) is 3.94. The van der Waals surface area contributed by atoms with E-state index in [-0.39, 0.29) is 0 Å². The Balaban J connectivity index is 2.15. The monoisotopic (exact) mass is 339 g/mol. The lowest BCUT2D eigenvalue weighted by atomic mass is 9.96. The van der Waals surface area contributed by atoms with E-state index in [9.17, 15) is 25.2 Å². The topological polar surface area (TPSA) is 192 Å². The quantitative estimate of drug-likeness (QED) is 0.260. The van der Waals surface area contributed by atoms with Gasteiger partial charge in [0.15, 0.2) is 12.4 Å². The normalized spacial score (nSPS) is 48.2.